The number of hydrogen-bond acceptors (Lipinski definition) is 3. The van der Waals surface area contributed by atoms with Crippen molar-refractivity contribution in [3.8, 4) is 0 Å². The van der Waals surface area contributed by atoms with Gasteiger partial charge in [-0.3, -0.25) is 4.79 Å². The Kier molecular flexibility index (Phi) is 4.69. The minimum Gasteiger partial charge on any atom is -0.372 e. The summed E-state index contributed by atoms with van der Waals surface area (Å²) in [6, 6.07) is 0.754. The molecule has 0 aromatic carbocycles. The van der Waals surface area contributed by atoms with Crippen molar-refractivity contribution < 1.29 is 22.7 Å². The number of rotatable bonds is 3. The van der Waals surface area contributed by atoms with Crippen molar-refractivity contribution in [3.05, 3.63) is 22.3 Å². The smallest absolute Gasteiger partial charge is 0.372 e. The minimum atomic E-state index is -4.52. The highest BCUT2D eigenvalue weighted by Crippen LogP contribution is 2.35. The van der Waals surface area contributed by atoms with E-state index in [1.807, 2.05) is 0 Å². The number of aromatic nitrogens is 1. The fraction of sp³-hybridized carbons (Fsp3) is 0.400. The summed E-state index contributed by atoms with van der Waals surface area (Å²) in [5, 5.41) is 2.24. The summed E-state index contributed by atoms with van der Waals surface area (Å²) in [5.74, 6) is -0.750. The Morgan fingerprint density at radius 2 is 2.17 bits per heavy atom. The lowest BCUT2D eigenvalue weighted by molar-refractivity contribution is -0.138. The molecule has 1 aromatic heterocycles. The highest BCUT2D eigenvalue weighted by atomic mass is 79.9. The van der Waals surface area contributed by atoms with Crippen molar-refractivity contribution in [1.29, 1.82) is 0 Å². The molecule has 1 heterocycles. The predicted octanol–water partition coefficient (Wildman–Crippen LogP) is 2.84. The number of methoxy groups -OCH3 is 1. The fourth-order valence-corrected chi connectivity index (χ4v) is 1.50. The molecule has 0 spiro atoms. The Morgan fingerprint density at radius 1 is 1.56 bits per heavy atom. The van der Waals surface area contributed by atoms with Crippen LogP contribution in [0.5, 0.6) is 0 Å². The standard InChI is InChI=1S/C10H10BrF3N2O2/c1-5(18-2)9(17)16-8-3-6(10(12,13)14)7(11)4-15-8/h3-5H,1-2H3,(H,15,16,17). The van der Waals surface area contributed by atoms with Gasteiger partial charge in [0.25, 0.3) is 5.91 Å². The Bertz CT molecular complexity index is 451. The van der Waals surface area contributed by atoms with Gasteiger partial charge in [0.1, 0.15) is 11.9 Å². The number of ether oxygens (including phenoxy) is 1. The number of anilines is 1. The highest BCUT2D eigenvalue weighted by molar-refractivity contribution is 9.10. The normalized spacial score (nSPS) is 13.2. The van der Waals surface area contributed by atoms with Crippen molar-refractivity contribution in [2.75, 3.05) is 12.4 Å². The van der Waals surface area contributed by atoms with Gasteiger partial charge in [0.2, 0.25) is 0 Å². The van der Waals surface area contributed by atoms with Crippen LogP contribution in [0.15, 0.2) is 16.7 Å². The molecule has 4 nitrogen and oxygen atoms in total. The van der Waals surface area contributed by atoms with E-state index in [2.05, 4.69) is 26.2 Å². The van der Waals surface area contributed by atoms with E-state index in [1.165, 1.54) is 14.0 Å². The summed E-state index contributed by atoms with van der Waals surface area (Å²) in [6.45, 7) is 1.47. The Balaban J connectivity index is 2.96. The van der Waals surface area contributed by atoms with E-state index >= 15 is 0 Å². The summed E-state index contributed by atoms with van der Waals surface area (Å²) in [5.41, 5.74) is -0.905. The van der Waals surface area contributed by atoms with Crippen molar-refractivity contribution in [1.82, 2.24) is 4.98 Å². The first-order chi connectivity index (χ1) is 8.25. The largest absolute Gasteiger partial charge is 0.417 e. The number of halogens is 4. The van der Waals surface area contributed by atoms with Crippen LogP contribution in [0.2, 0.25) is 0 Å². The molecule has 100 valence electrons. The molecule has 1 atom stereocenters. The molecule has 0 saturated carbocycles. The molecular weight excluding hydrogens is 317 g/mol. The highest BCUT2D eigenvalue weighted by Gasteiger charge is 2.33. The zero-order valence-electron chi connectivity index (χ0n) is 9.51. The summed E-state index contributed by atoms with van der Waals surface area (Å²) >= 11 is 2.76. The first-order valence-corrected chi connectivity index (χ1v) is 5.61. The van der Waals surface area contributed by atoms with Gasteiger partial charge in [-0.15, -0.1) is 0 Å². The third-order valence-electron chi connectivity index (χ3n) is 2.13. The number of nitrogens with one attached hydrogen (secondary N) is 1. The third-order valence-corrected chi connectivity index (χ3v) is 2.77. The topological polar surface area (TPSA) is 51.2 Å². The Morgan fingerprint density at radius 3 is 2.67 bits per heavy atom. The SMILES string of the molecule is COC(C)C(=O)Nc1cc(C(F)(F)F)c(Br)cn1. The van der Waals surface area contributed by atoms with Crippen molar-refractivity contribution in [2.45, 2.75) is 19.2 Å². The number of nitrogens with zero attached hydrogens (tertiary/aromatic N) is 1. The molecule has 1 aromatic rings. The summed E-state index contributed by atoms with van der Waals surface area (Å²) in [4.78, 5) is 15.1. The quantitative estimate of drug-likeness (QED) is 0.929. The molecule has 18 heavy (non-hydrogen) atoms. The number of alkyl halides is 3. The lowest BCUT2D eigenvalue weighted by Crippen LogP contribution is -2.27. The van der Waals surface area contributed by atoms with E-state index in [4.69, 9.17) is 4.74 Å². The molecule has 0 aliphatic carbocycles. The molecule has 0 saturated heterocycles. The lowest BCUT2D eigenvalue weighted by Gasteiger charge is -2.13. The number of pyridine rings is 1. The van der Waals surface area contributed by atoms with Crippen LogP contribution in [0.3, 0.4) is 0 Å². The van der Waals surface area contributed by atoms with Gasteiger partial charge in [0, 0.05) is 17.8 Å². The van der Waals surface area contributed by atoms with Gasteiger partial charge in [-0.2, -0.15) is 13.2 Å². The molecule has 1 N–H and O–H groups in total. The molecule has 0 aliphatic rings. The minimum absolute atomic E-state index is 0.181. The van der Waals surface area contributed by atoms with Crippen LogP contribution in [0.1, 0.15) is 12.5 Å². The molecule has 1 rings (SSSR count). The molecule has 8 heteroatoms. The monoisotopic (exact) mass is 326 g/mol. The molecule has 0 aliphatic heterocycles. The van der Waals surface area contributed by atoms with Gasteiger partial charge in [0.05, 0.1) is 5.56 Å². The lowest BCUT2D eigenvalue weighted by atomic mass is 10.2. The van der Waals surface area contributed by atoms with Crippen LogP contribution in [-0.4, -0.2) is 24.1 Å². The first-order valence-electron chi connectivity index (χ1n) is 4.82. The van der Waals surface area contributed by atoms with Crippen LogP contribution < -0.4 is 5.32 Å². The summed E-state index contributed by atoms with van der Waals surface area (Å²) < 4.78 is 42.3. The predicted molar refractivity (Wildman–Crippen MR) is 62.0 cm³/mol. The van der Waals surface area contributed by atoms with Gasteiger partial charge in [-0.25, -0.2) is 4.98 Å². The summed E-state index contributed by atoms with van der Waals surface area (Å²) in [7, 11) is 1.32. The van der Waals surface area contributed by atoms with E-state index in [9.17, 15) is 18.0 Å². The van der Waals surface area contributed by atoms with Gasteiger partial charge in [0.15, 0.2) is 0 Å². The van der Waals surface area contributed by atoms with Crippen LogP contribution >= 0.6 is 15.9 Å². The Hall–Kier alpha value is -1.15. The molecule has 1 unspecified atom stereocenters. The summed E-state index contributed by atoms with van der Waals surface area (Å²) in [6.07, 6.45) is -4.31. The van der Waals surface area contributed by atoms with Crippen molar-refractivity contribution >= 4 is 27.7 Å². The van der Waals surface area contributed by atoms with E-state index < -0.39 is 23.8 Å². The zero-order chi connectivity index (χ0) is 13.9. The maximum atomic E-state index is 12.6. The second-order valence-electron chi connectivity index (χ2n) is 3.41. The molecule has 0 fully saturated rings. The van der Waals surface area contributed by atoms with Crippen LogP contribution in [0, 0.1) is 0 Å². The maximum absolute atomic E-state index is 12.6. The van der Waals surface area contributed by atoms with Gasteiger partial charge >= 0.3 is 6.18 Å². The number of hydrogen-bond donors (Lipinski definition) is 1. The molecule has 1 amide bonds. The van der Waals surface area contributed by atoms with E-state index in [0.29, 0.717) is 0 Å². The van der Waals surface area contributed by atoms with Gasteiger partial charge < -0.3 is 10.1 Å². The van der Waals surface area contributed by atoms with Gasteiger partial charge in [-0.1, -0.05) is 0 Å². The maximum Gasteiger partial charge on any atom is 0.417 e. The third kappa shape index (κ3) is 3.67. The zero-order valence-corrected chi connectivity index (χ0v) is 11.1. The first kappa shape index (κ1) is 14.9. The van der Waals surface area contributed by atoms with Crippen LogP contribution in [0.4, 0.5) is 19.0 Å². The molecule has 0 radical (unpaired) electrons. The molecular formula is C10H10BrF3N2O2. The average molecular weight is 327 g/mol. The fourth-order valence-electron chi connectivity index (χ4n) is 1.06. The van der Waals surface area contributed by atoms with E-state index in [0.717, 1.165) is 12.3 Å². The number of carbonyl (C=O) groups is 1. The van der Waals surface area contributed by atoms with Crippen LogP contribution in [0.25, 0.3) is 0 Å². The van der Waals surface area contributed by atoms with Crippen molar-refractivity contribution in [2.24, 2.45) is 0 Å². The van der Waals surface area contributed by atoms with E-state index in [1.54, 1.807) is 0 Å². The second-order valence-corrected chi connectivity index (χ2v) is 4.27. The van der Waals surface area contributed by atoms with E-state index in [-0.39, 0.29) is 10.3 Å². The van der Waals surface area contributed by atoms with Crippen molar-refractivity contribution in [3.63, 3.8) is 0 Å². The second kappa shape index (κ2) is 5.66. The molecule has 0 bridgehead atoms. The number of amides is 1. The number of carbonyl (C=O) groups excluding carboxylic acids is 1. The van der Waals surface area contributed by atoms with Crippen LogP contribution in [-0.2, 0) is 15.7 Å². The Labute approximate surface area is 110 Å². The van der Waals surface area contributed by atoms with Gasteiger partial charge in [-0.05, 0) is 28.9 Å². The average Bonchev–Trinajstić information content (AvgIpc) is 2.29.